The lowest BCUT2D eigenvalue weighted by Crippen LogP contribution is -3.00. The van der Waals surface area contributed by atoms with E-state index in [0.29, 0.717) is 4.65 Å². The van der Waals surface area contributed by atoms with Gasteiger partial charge in [-0.05, 0) is 6.42 Å². The number of quaternary nitrogens is 1. The Bertz CT molecular complexity index is 155. The standard InChI is InChI=1S/C8H16NO2.ClH/c1-8(10)11-9(2)6-4-3-5-7-9;/h3-7H2,1-2H3;1H/q+1;/p-1. The fraction of sp³-hybridized carbons (Fsp3) is 0.875. The van der Waals surface area contributed by atoms with E-state index in [4.69, 9.17) is 4.84 Å². The van der Waals surface area contributed by atoms with Crippen LogP contribution >= 0.6 is 0 Å². The SMILES string of the molecule is CC(=O)O[N+]1(C)CCCCC1.[Cl-]. The summed E-state index contributed by atoms with van der Waals surface area (Å²) >= 11 is 0. The second kappa shape index (κ2) is 4.67. The van der Waals surface area contributed by atoms with Crippen LogP contribution in [-0.4, -0.2) is 30.8 Å². The van der Waals surface area contributed by atoms with Gasteiger partial charge in [0, 0.05) is 19.8 Å². The van der Waals surface area contributed by atoms with Gasteiger partial charge in [-0.2, -0.15) is 0 Å². The summed E-state index contributed by atoms with van der Waals surface area (Å²) < 4.78 is 0.481. The van der Waals surface area contributed by atoms with Crippen LogP contribution in [0.2, 0.25) is 0 Å². The van der Waals surface area contributed by atoms with Crippen molar-refractivity contribution in [3.05, 3.63) is 0 Å². The first kappa shape index (κ1) is 11.7. The molecule has 1 aliphatic heterocycles. The molecule has 3 nitrogen and oxygen atoms in total. The summed E-state index contributed by atoms with van der Waals surface area (Å²) in [6.07, 6.45) is 3.61. The Morgan fingerprint density at radius 2 is 1.75 bits per heavy atom. The number of carbonyl (C=O) groups is 1. The Kier molecular flexibility index (Phi) is 4.57. The van der Waals surface area contributed by atoms with E-state index >= 15 is 0 Å². The van der Waals surface area contributed by atoms with Gasteiger partial charge in [0.2, 0.25) is 0 Å². The molecule has 0 saturated carbocycles. The molecule has 1 saturated heterocycles. The maximum atomic E-state index is 10.7. The minimum absolute atomic E-state index is 0. The van der Waals surface area contributed by atoms with Crippen molar-refractivity contribution < 1.29 is 26.7 Å². The number of hydrogen-bond acceptors (Lipinski definition) is 2. The largest absolute Gasteiger partial charge is 1.00 e. The van der Waals surface area contributed by atoms with Gasteiger partial charge in [0.1, 0.15) is 20.1 Å². The van der Waals surface area contributed by atoms with Crippen LogP contribution in [0, 0.1) is 0 Å². The van der Waals surface area contributed by atoms with Gasteiger partial charge in [0.15, 0.2) is 0 Å². The van der Waals surface area contributed by atoms with Crippen molar-refractivity contribution in [2.24, 2.45) is 0 Å². The summed E-state index contributed by atoms with van der Waals surface area (Å²) in [5, 5.41) is 0. The monoisotopic (exact) mass is 193 g/mol. The van der Waals surface area contributed by atoms with Crippen LogP contribution in [-0.2, 0) is 9.63 Å². The molecule has 0 N–H and O–H groups in total. The Morgan fingerprint density at radius 1 is 1.25 bits per heavy atom. The van der Waals surface area contributed by atoms with Crippen molar-refractivity contribution in [2.45, 2.75) is 26.2 Å². The second-order valence-corrected chi connectivity index (χ2v) is 3.39. The van der Waals surface area contributed by atoms with Gasteiger partial charge in [0.05, 0.1) is 0 Å². The predicted molar refractivity (Wildman–Crippen MR) is 41.5 cm³/mol. The summed E-state index contributed by atoms with van der Waals surface area (Å²) in [6, 6.07) is 0. The molecule has 0 atom stereocenters. The lowest BCUT2D eigenvalue weighted by atomic mass is 10.1. The average Bonchev–Trinajstić information content (AvgIpc) is 1.85. The van der Waals surface area contributed by atoms with Gasteiger partial charge in [-0.25, -0.2) is 4.79 Å². The molecule has 0 aromatic carbocycles. The highest BCUT2D eigenvalue weighted by Gasteiger charge is 2.28. The van der Waals surface area contributed by atoms with Crippen molar-refractivity contribution in [3.63, 3.8) is 0 Å². The normalized spacial score (nSPS) is 20.8. The van der Waals surface area contributed by atoms with Crippen molar-refractivity contribution in [1.29, 1.82) is 0 Å². The van der Waals surface area contributed by atoms with E-state index in [1.54, 1.807) is 0 Å². The molecule has 0 amide bonds. The lowest BCUT2D eigenvalue weighted by molar-refractivity contribution is -1.08. The molecule has 1 rings (SSSR count). The van der Waals surface area contributed by atoms with E-state index in [1.165, 1.54) is 26.2 Å². The molecule has 4 heteroatoms. The van der Waals surface area contributed by atoms with E-state index in [9.17, 15) is 4.79 Å². The zero-order valence-corrected chi connectivity index (χ0v) is 8.43. The Morgan fingerprint density at radius 3 is 2.17 bits per heavy atom. The van der Waals surface area contributed by atoms with Gasteiger partial charge in [0.25, 0.3) is 0 Å². The summed E-state index contributed by atoms with van der Waals surface area (Å²) in [5.74, 6) is -0.172. The highest BCUT2D eigenvalue weighted by atomic mass is 35.5. The molecule has 0 aromatic rings. The average molecular weight is 194 g/mol. The van der Waals surface area contributed by atoms with Crippen LogP contribution in [0.5, 0.6) is 0 Å². The number of hydrogen-bond donors (Lipinski definition) is 0. The smallest absolute Gasteiger partial charge is 0.363 e. The highest BCUT2D eigenvalue weighted by Crippen LogP contribution is 2.16. The molecule has 0 bridgehead atoms. The second-order valence-electron chi connectivity index (χ2n) is 3.39. The molecule has 1 fully saturated rings. The number of likely N-dealkylation sites (tertiary alicyclic amines) is 1. The molecule has 0 radical (unpaired) electrons. The molecule has 1 aliphatic rings. The highest BCUT2D eigenvalue weighted by molar-refractivity contribution is 5.65. The third-order valence-electron chi connectivity index (χ3n) is 2.11. The first-order valence-electron chi connectivity index (χ1n) is 4.17. The molecule has 0 aromatic heterocycles. The van der Waals surface area contributed by atoms with Crippen molar-refractivity contribution in [3.8, 4) is 0 Å². The first-order valence-corrected chi connectivity index (χ1v) is 4.17. The zero-order valence-electron chi connectivity index (χ0n) is 7.68. The molecule has 12 heavy (non-hydrogen) atoms. The topological polar surface area (TPSA) is 26.3 Å². The Balaban J connectivity index is 0.00000121. The minimum atomic E-state index is -0.172. The van der Waals surface area contributed by atoms with E-state index in [2.05, 4.69) is 0 Å². The van der Waals surface area contributed by atoms with Crippen LogP contribution in [0.25, 0.3) is 0 Å². The fourth-order valence-electron chi connectivity index (χ4n) is 1.58. The third kappa shape index (κ3) is 3.41. The summed E-state index contributed by atoms with van der Waals surface area (Å²) in [7, 11) is 1.97. The van der Waals surface area contributed by atoms with Crippen LogP contribution in [0.3, 0.4) is 0 Å². The molecule has 0 spiro atoms. The van der Waals surface area contributed by atoms with E-state index < -0.39 is 0 Å². The number of hydroxylamine groups is 3. The van der Waals surface area contributed by atoms with Crippen molar-refractivity contribution >= 4 is 5.97 Å². The number of piperidine rings is 1. The Hall–Kier alpha value is -0.280. The van der Waals surface area contributed by atoms with Crippen molar-refractivity contribution in [2.75, 3.05) is 20.1 Å². The predicted octanol–water partition coefficient (Wildman–Crippen LogP) is -1.90. The number of nitrogens with zero attached hydrogens (tertiary/aromatic N) is 1. The maximum Gasteiger partial charge on any atom is 0.363 e. The van der Waals surface area contributed by atoms with Crippen LogP contribution in [0.4, 0.5) is 0 Å². The summed E-state index contributed by atoms with van der Waals surface area (Å²) in [5.41, 5.74) is 0. The van der Waals surface area contributed by atoms with Crippen molar-refractivity contribution in [1.82, 2.24) is 0 Å². The fourth-order valence-corrected chi connectivity index (χ4v) is 1.58. The van der Waals surface area contributed by atoms with Gasteiger partial charge in [-0.3, -0.25) is 4.84 Å². The lowest BCUT2D eigenvalue weighted by Gasteiger charge is -2.33. The number of rotatable bonds is 1. The van der Waals surface area contributed by atoms with Crippen LogP contribution in [0.15, 0.2) is 0 Å². The summed E-state index contributed by atoms with van der Waals surface area (Å²) in [6.45, 7) is 3.41. The molecular formula is C8H16ClNO2. The number of halogens is 1. The number of carbonyl (C=O) groups excluding carboxylic acids is 1. The molecule has 72 valence electrons. The van der Waals surface area contributed by atoms with Gasteiger partial charge in [-0.1, -0.05) is 0 Å². The zero-order chi connectivity index (χ0) is 8.32. The molecule has 1 heterocycles. The third-order valence-corrected chi connectivity index (χ3v) is 2.11. The minimum Gasteiger partial charge on any atom is -1.00 e. The quantitative estimate of drug-likeness (QED) is 0.455. The maximum absolute atomic E-state index is 10.7. The summed E-state index contributed by atoms with van der Waals surface area (Å²) in [4.78, 5) is 15.9. The Labute approximate surface area is 79.6 Å². The molecular weight excluding hydrogens is 178 g/mol. The van der Waals surface area contributed by atoms with Gasteiger partial charge in [-0.15, -0.1) is 4.65 Å². The van der Waals surface area contributed by atoms with E-state index in [1.807, 2.05) is 7.05 Å². The molecule has 0 aliphatic carbocycles. The van der Waals surface area contributed by atoms with E-state index in [0.717, 1.165) is 13.1 Å². The van der Waals surface area contributed by atoms with Crippen LogP contribution < -0.4 is 12.4 Å². The van der Waals surface area contributed by atoms with Crippen LogP contribution in [0.1, 0.15) is 26.2 Å². The van der Waals surface area contributed by atoms with Gasteiger partial charge >= 0.3 is 5.97 Å². The van der Waals surface area contributed by atoms with E-state index in [-0.39, 0.29) is 18.4 Å². The van der Waals surface area contributed by atoms with Gasteiger partial charge < -0.3 is 12.4 Å². The first-order chi connectivity index (χ1) is 5.12. The molecule has 0 unspecified atom stereocenters.